The lowest BCUT2D eigenvalue weighted by Gasteiger charge is -2.12. The third-order valence-corrected chi connectivity index (χ3v) is 6.53. The lowest BCUT2D eigenvalue weighted by atomic mass is 10.1. The Morgan fingerprint density at radius 2 is 1.90 bits per heavy atom. The number of halogens is 3. The van der Waals surface area contributed by atoms with E-state index in [0.717, 1.165) is 16.7 Å². The van der Waals surface area contributed by atoms with Crippen molar-refractivity contribution in [3.05, 3.63) is 52.8 Å². The van der Waals surface area contributed by atoms with Gasteiger partial charge in [0.15, 0.2) is 10.1 Å². The van der Waals surface area contributed by atoms with Crippen LogP contribution in [-0.2, 0) is 13.0 Å². The first-order chi connectivity index (χ1) is 14.2. The monoisotopic (exact) mass is 454 g/mol. The number of aromatic nitrogens is 3. The van der Waals surface area contributed by atoms with E-state index in [1.165, 1.54) is 41.7 Å². The number of carbonyl (C=O) groups is 1. The number of aryl methyl sites for hydroxylation is 2. The zero-order chi connectivity index (χ0) is 21.9. The molecule has 2 aromatic heterocycles. The van der Waals surface area contributed by atoms with E-state index >= 15 is 0 Å². The van der Waals surface area contributed by atoms with Crippen LogP contribution in [0, 0.1) is 13.8 Å². The van der Waals surface area contributed by atoms with Crippen LogP contribution in [0.25, 0.3) is 0 Å². The van der Waals surface area contributed by atoms with Crippen LogP contribution >= 0.6 is 23.1 Å². The number of anilines is 2. The Balaban J connectivity index is 1.61. The summed E-state index contributed by atoms with van der Waals surface area (Å²) >= 11 is 2.54. The van der Waals surface area contributed by atoms with Gasteiger partial charge in [-0.15, -0.1) is 10.2 Å². The molecular formula is C20H21F3N4OS2. The minimum Gasteiger partial charge on any atom is -0.339 e. The molecule has 160 valence electrons. The van der Waals surface area contributed by atoms with Gasteiger partial charge in [-0.3, -0.25) is 4.79 Å². The predicted molar refractivity (Wildman–Crippen MR) is 114 cm³/mol. The minimum absolute atomic E-state index is 0.0795. The molecule has 1 N–H and O–H groups in total. The van der Waals surface area contributed by atoms with Gasteiger partial charge < -0.3 is 9.88 Å². The summed E-state index contributed by atoms with van der Waals surface area (Å²) in [5, 5.41) is 11.9. The second-order valence-corrected chi connectivity index (χ2v) is 8.95. The first kappa shape index (κ1) is 22.4. The number of rotatable bonds is 8. The smallest absolute Gasteiger partial charge is 0.339 e. The van der Waals surface area contributed by atoms with Crippen LogP contribution in [0.3, 0.4) is 0 Å². The normalized spacial score (nSPS) is 11.7. The van der Waals surface area contributed by atoms with Crippen molar-refractivity contribution in [3.8, 4) is 0 Å². The number of hydrogen-bond donors (Lipinski definition) is 1. The lowest BCUT2D eigenvalue weighted by Crippen LogP contribution is -2.19. The van der Waals surface area contributed by atoms with E-state index in [4.69, 9.17) is 0 Å². The van der Waals surface area contributed by atoms with E-state index in [1.807, 2.05) is 24.3 Å². The first-order valence-corrected chi connectivity index (χ1v) is 11.1. The molecule has 0 amide bonds. The van der Waals surface area contributed by atoms with E-state index in [1.54, 1.807) is 6.92 Å². The van der Waals surface area contributed by atoms with Crippen LogP contribution in [0.5, 0.6) is 0 Å². The van der Waals surface area contributed by atoms with Crippen molar-refractivity contribution in [2.75, 3.05) is 11.1 Å². The molecule has 30 heavy (non-hydrogen) atoms. The summed E-state index contributed by atoms with van der Waals surface area (Å²) in [6.07, 6.45) is -3.37. The highest BCUT2D eigenvalue weighted by Gasteiger charge is 2.30. The molecule has 1 aromatic carbocycles. The highest BCUT2D eigenvalue weighted by atomic mass is 32.2. The molecule has 0 unspecified atom stereocenters. The van der Waals surface area contributed by atoms with Gasteiger partial charge in [0.1, 0.15) is 6.54 Å². The fourth-order valence-electron chi connectivity index (χ4n) is 2.98. The largest absolute Gasteiger partial charge is 0.406 e. The first-order valence-electron chi connectivity index (χ1n) is 9.25. The van der Waals surface area contributed by atoms with Gasteiger partial charge in [-0.05, 0) is 44.0 Å². The molecular weight excluding hydrogens is 433 g/mol. The quantitative estimate of drug-likeness (QED) is 0.344. The Labute approximate surface area is 180 Å². The van der Waals surface area contributed by atoms with Crippen LogP contribution in [0.15, 0.2) is 34.7 Å². The summed E-state index contributed by atoms with van der Waals surface area (Å²) in [7, 11) is 0. The fraction of sp³-hybridized carbons (Fsp3) is 0.350. The number of nitrogens with one attached hydrogen (secondary N) is 1. The van der Waals surface area contributed by atoms with Gasteiger partial charge in [0.2, 0.25) is 5.13 Å². The van der Waals surface area contributed by atoms with Crippen LogP contribution in [0.2, 0.25) is 0 Å². The van der Waals surface area contributed by atoms with E-state index in [9.17, 15) is 18.0 Å². The van der Waals surface area contributed by atoms with Gasteiger partial charge in [0, 0.05) is 22.6 Å². The summed E-state index contributed by atoms with van der Waals surface area (Å²) in [6, 6.07) is 9.51. The number of alkyl halides is 3. The van der Waals surface area contributed by atoms with Crippen molar-refractivity contribution in [2.24, 2.45) is 0 Å². The number of thioether (sulfide) groups is 1. The van der Waals surface area contributed by atoms with Gasteiger partial charge in [0.05, 0.1) is 5.75 Å². The molecule has 0 bridgehead atoms. The summed E-state index contributed by atoms with van der Waals surface area (Å²) in [5.41, 5.74) is 3.18. The fourth-order valence-corrected chi connectivity index (χ4v) is 4.63. The van der Waals surface area contributed by atoms with E-state index in [0.29, 0.717) is 26.4 Å². The van der Waals surface area contributed by atoms with Crippen molar-refractivity contribution >= 4 is 39.7 Å². The topological polar surface area (TPSA) is 59.8 Å². The molecule has 0 radical (unpaired) electrons. The van der Waals surface area contributed by atoms with Crippen molar-refractivity contribution in [1.29, 1.82) is 0 Å². The van der Waals surface area contributed by atoms with Gasteiger partial charge in [-0.1, -0.05) is 42.2 Å². The van der Waals surface area contributed by atoms with E-state index in [2.05, 4.69) is 22.4 Å². The number of hydrogen-bond acceptors (Lipinski definition) is 6. The lowest BCUT2D eigenvalue weighted by molar-refractivity contribution is -0.141. The molecule has 0 aliphatic heterocycles. The van der Waals surface area contributed by atoms with Gasteiger partial charge in [0.25, 0.3) is 0 Å². The maximum Gasteiger partial charge on any atom is 0.406 e. The molecule has 3 aromatic rings. The molecule has 2 heterocycles. The number of carbonyl (C=O) groups excluding carboxylic acids is 1. The van der Waals surface area contributed by atoms with Gasteiger partial charge in [-0.25, -0.2) is 0 Å². The Morgan fingerprint density at radius 1 is 1.20 bits per heavy atom. The number of Topliss-reactive ketones (excluding diaryl/α,β-unsaturated/α-hetero) is 1. The Kier molecular flexibility index (Phi) is 6.87. The van der Waals surface area contributed by atoms with E-state index in [-0.39, 0.29) is 11.5 Å². The van der Waals surface area contributed by atoms with Gasteiger partial charge >= 0.3 is 6.18 Å². The summed E-state index contributed by atoms with van der Waals surface area (Å²) < 4.78 is 40.0. The standard InChI is InChI=1S/C20H21F3N4OS2/c1-4-14-5-7-15(8-6-14)24-18-25-26-19(30-18)29-10-17(28)16-9-12(2)27(13(16)3)11-20(21,22)23/h5-9H,4,10-11H2,1-3H3,(H,24,25). The molecule has 0 spiro atoms. The van der Waals surface area contributed by atoms with Crippen LogP contribution in [0.1, 0.15) is 34.2 Å². The average Bonchev–Trinajstić information content (AvgIpc) is 3.25. The van der Waals surface area contributed by atoms with Crippen LogP contribution in [0.4, 0.5) is 24.0 Å². The highest BCUT2D eigenvalue weighted by molar-refractivity contribution is 8.01. The third-order valence-electron chi connectivity index (χ3n) is 4.56. The highest BCUT2D eigenvalue weighted by Crippen LogP contribution is 2.29. The van der Waals surface area contributed by atoms with E-state index < -0.39 is 12.7 Å². The summed E-state index contributed by atoms with van der Waals surface area (Å²) in [5.74, 6) is -0.155. The predicted octanol–water partition coefficient (Wildman–Crippen LogP) is 5.80. The molecule has 3 rings (SSSR count). The molecule has 0 saturated heterocycles. The Morgan fingerprint density at radius 3 is 2.53 bits per heavy atom. The van der Waals surface area contributed by atoms with Crippen LogP contribution in [-0.4, -0.2) is 32.5 Å². The number of benzene rings is 1. The summed E-state index contributed by atoms with van der Waals surface area (Å²) in [6.45, 7) is 4.09. The average molecular weight is 455 g/mol. The van der Waals surface area contributed by atoms with Crippen molar-refractivity contribution in [3.63, 3.8) is 0 Å². The van der Waals surface area contributed by atoms with Crippen molar-refractivity contribution in [1.82, 2.24) is 14.8 Å². The molecule has 10 heteroatoms. The van der Waals surface area contributed by atoms with Crippen molar-refractivity contribution < 1.29 is 18.0 Å². The van der Waals surface area contributed by atoms with Gasteiger partial charge in [-0.2, -0.15) is 13.2 Å². The zero-order valence-electron chi connectivity index (χ0n) is 16.7. The molecule has 0 aliphatic rings. The molecule has 5 nitrogen and oxygen atoms in total. The molecule has 0 saturated carbocycles. The Bertz CT molecular complexity index is 1030. The number of ketones is 1. The SMILES string of the molecule is CCc1ccc(Nc2nnc(SCC(=O)c3cc(C)n(CC(F)(F)F)c3C)s2)cc1. The number of nitrogens with zero attached hydrogens (tertiary/aromatic N) is 3. The molecule has 0 atom stereocenters. The maximum absolute atomic E-state index is 12.7. The van der Waals surface area contributed by atoms with Crippen molar-refractivity contribution in [2.45, 2.75) is 44.3 Å². The second kappa shape index (κ2) is 9.22. The molecule has 0 aliphatic carbocycles. The Hall–Kier alpha value is -2.33. The maximum atomic E-state index is 12.7. The minimum atomic E-state index is -4.34. The zero-order valence-corrected chi connectivity index (χ0v) is 18.3. The summed E-state index contributed by atoms with van der Waals surface area (Å²) in [4.78, 5) is 12.6. The third kappa shape index (κ3) is 5.63. The molecule has 0 fully saturated rings. The van der Waals surface area contributed by atoms with Crippen LogP contribution < -0.4 is 5.32 Å². The second-order valence-electron chi connectivity index (χ2n) is 6.75.